The van der Waals surface area contributed by atoms with Crippen LogP contribution in [0.4, 0.5) is 0 Å². The maximum atomic E-state index is 10.2. The van der Waals surface area contributed by atoms with E-state index in [0.29, 0.717) is 0 Å². The van der Waals surface area contributed by atoms with E-state index in [4.69, 9.17) is 4.55 Å². The standard InChI is InChI=1S/C8H16O3S.Na/c1-2-3-4-5-6-7-8-12(9,10)11;/h7-8H,2-6H2,1H3,(H,9,10,11);. The Morgan fingerprint density at radius 1 is 1.23 bits per heavy atom. The first-order chi connectivity index (χ1) is 5.56. The third-order valence-electron chi connectivity index (χ3n) is 1.49. The molecule has 0 aliphatic carbocycles. The van der Waals surface area contributed by atoms with Gasteiger partial charge in [0.25, 0.3) is 10.1 Å². The number of allylic oxidation sites excluding steroid dienone is 1. The number of hydrogen-bond acceptors (Lipinski definition) is 2. The van der Waals surface area contributed by atoms with Crippen molar-refractivity contribution < 1.29 is 13.0 Å². The Labute approximate surface area is 103 Å². The van der Waals surface area contributed by atoms with Gasteiger partial charge in [-0.05, 0) is 12.8 Å². The molecule has 0 aromatic heterocycles. The van der Waals surface area contributed by atoms with Gasteiger partial charge in [0.15, 0.2) is 0 Å². The summed E-state index contributed by atoms with van der Waals surface area (Å²) in [4.78, 5) is 0. The van der Waals surface area contributed by atoms with Crippen LogP contribution in [-0.2, 0) is 10.1 Å². The second-order valence-electron chi connectivity index (χ2n) is 2.74. The average Bonchev–Trinajstić information content (AvgIpc) is 1.94. The molecule has 0 fully saturated rings. The maximum Gasteiger partial charge on any atom is 0.287 e. The summed E-state index contributed by atoms with van der Waals surface area (Å²) in [5, 5.41) is 0.846. The van der Waals surface area contributed by atoms with E-state index in [9.17, 15) is 8.42 Å². The van der Waals surface area contributed by atoms with Crippen molar-refractivity contribution >= 4 is 39.7 Å². The number of unbranched alkanes of at least 4 members (excludes halogenated alkanes) is 4. The molecular formula is C8H16NaO3S. The molecule has 0 rings (SSSR count). The van der Waals surface area contributed by atoms with Crippen molar-refractivity contribution in [1.82, 2.24) is 0 Å². The minimum Gasteiger partial charge on any atom is -0.282 e. The van der Waals surface area contributed by atoms with Crippen molar-refractivity contribution in [2.45, 2.75) is 39.0 Å². The topological polar surface area (TPSA) is 54.4 Å². The SMILES string of the molecule is CCCCCCC=CS(=O)(=O)O.[Na]. The molecular weight excluding hydrogens is 199 g/mol. The Hall–Kier alpha value is 0.650. The van der Waals surface area contributed by atoms with Crippen molar-refractivity contribution in [3.05, 3.63) is 11.5 Å². The van der Waals surface area contributed by atoms with Gasteiger partial charge in [-0.25, -0.2) is 0 Å². The zero-order valence-corrected chi connectivity index (χ0v) is 11.2. The molecule has 0 aromatic rings. The number of rotatable bonds is 6. The van der Waals surface area contributed by atoms with E-state index < -0.39 is 10.1 Å². The van der Waals surface area contributed by atoms with Gasteiger partial charge in [-0.1, -0.05) is 32.3 Å². The predicted octanol–water partition coefficient (Wildman–Crippen LogP) is 1.98. The minimum absolute atomic E-state index is 0. The molecule has 1 N–H and O–H groups in total. The molecule has 0 aliphatic heterocycles. The molecule has 1 radical (unpaired) electrons. The molecule has 5 heteroatoms. The molecule has 3 nitrogen and oxygen atoms in total. The van der Waals surface area contributed by atoms with Crippen LogP contribution in [0, 0.1) is 0 Å². The average molecular weight is 215 g/mol. The zero-order chi connectivity index (χ0) is 9.45. The van der Waals surface area contributed by atoms with E-state index in [1.165, 1.54) is 18.9 Å². The van der Waals surface area contributed by atoms with Crippen molar-refractivity contribution in [2.24, 2.45) is 0 Å². The van der Waals surface area contributed by atoms with Crippen LogP contribution in [0.5, 0.6) is 0 Å². The first kappa shape index (κ1) is 16.1. The van der Waals surface area contributed by atoms with Gasteiger partial charge in [0.05, 0.1) is 5.41 Å². The molecule has 0 aromatic carbocycles. The van der Waals surface area contributed by atoms with Crippen LogP contribution in [-0.4, -0.2) is 42.5 Å². The predicted molar refractivity (Wildman–Crippen MR) is 55.2 cm³/mol. The van der Waals surface area contributed by atoms with Gasteiger partial charge in [0, 0.05) is 29.6 Å². The van der Waals surface area contributed by atoms with E-state index in [2.05, 4.69) is 6.92 Å². The smallest absolute Gasteiger partial charge is 0.282 e. The van der Waals surface area contributed by atoms with Crippen molar-refractivity contribution in [2.75, 3.05) is 0 Å². The molecule has 0 saturated carbocycles. The monoisotopic (exact) mass is 215 g/mol. The van der Waals surface area contributed by atoms with E-state index >= 15 is 0 Å². The molecule has 0 saturated heterocycles. The van der Waals surface area contributed by atoms with E-state index in [1.54, 1.807) is 0 Å². The summed E-state index contributed by atoms with van der Waals surface area (Å²) in [5.74, 6) is 0. The normalized spacial score (nSPS) is 11.5. The quantitative estimate of drug-likeness (QED) is 0.418. The summed E-state index contributed by atoms with van der Waals surface area (Å²) in [5.41, 5.74) is 0. The van der Waals surface area contributed by atoms with E-state index in [-0.39, 0.29) is 29.6 Å². The molecule has 0 aliphatic rings. The van der Waals surface area contributed by atoms with Gasteiger partial charge in [0.1, 0.15) is 0 Å². The van der Waals surface area contributed by atoms with Crippen LogP contribution in [0.1, 0.15) is 39.0 Å². The van der Waals surface area contributed by atoms with Crippen LogP contribution in [0.25, 0.3) is 0 Å². The molecule has 0 bridgehead atoms. The third-order valence-corrected chi connectivity index (χ3v) is 2.03. The summed E-state index contributed by atoms with van der Waals surface area (Å²) < 4.78 is 28.7. The first-order valence-corrected chi connectivity index (χ1v) is 5.70. The Bertz CT molecular complexity index is 222. The van der Waals surface area contributed by atoms with Gasteiger partial charge >= 0.3 is 0 Å². The van der Waals surface area contributed by atoms with E-state index in [0.717, 1.165) is 24.7 Å². The fraction of sp³-hybridized carbons (Fsp3) is 0.750. The summed E-state index contributed by atoms with van der Waals surface area (Å²) in [7, 11) is -3.90. The van der Waals surface area contributed by atoms with Crippen LogP contribution in [0.15, 0.2) is 11.5 Å². The molecule has 13 heavy (non-hydrogen) atoms. The Morgan fingerprint density at radius 3 is 2.31 bits per heavy atom. The van der Waals surface area contributed by atoms with Crippen molar-refractivity contribution in [3.63, 3.8) is 0 Å². The Kier molecular flexibility index (Phi) is 11.4. The largest absolute Gasteiger partial charge is 0.287 e. The molecule has 73 valence electrons. The summed E-state index contributed by atoms with van der Waals surface area (Å²) in [6.07, 6.45) is 6.67. The zero-order valence-electron chi connectivity index (χ0n) is 8.36. The Morgan fingerprint density at radius 2 is 1.85 bits per heavy atom. The van der Waals surface area contributed by atoms with Crippen LogP contribution < -0.4 is 0 Å². The maximum absolute atomic E-state index is 10.2. The fourth-order valence-electron chi connectivity index (χ4n) is 0.879. The molecule has 0 spiro atoms. The summed E-state index contributed by atoms with van der Waals surface area (Å²) in [6, 6.07) is 0. The molecule has 0 unspecified atom stereocenters. The van der Waals surface area contributed by atoms with Crippen LogP contribution in [0.3, 0.4) is 0 Å². The van der Waals surface area contributed by atoms with Crippen molar-refractivity contribution in [1.29, 1.82) is 0 Å². The second-order valence-corrected chi connectivity index (χ2v) is 4.04. The first-order valence-electron chi connectivity index (χ1n) is 4.20. The second kappa shape index (κ2) is 9.21. The number of hydrogen-bond donors (Lipinski definition) is 1. The van der Waals surface area contributed by atoms with Crippen LogP contribution >= 0.6 is 0 Å². The summed E-state index contributed by atoms with van der Waals surface area (Å²) in [6.45, 7) is 2.12. The molecule has 0 atom stereocenters. The van der Waals surface area contributed by atoms with Crippen molar-refractivity contribution in [3.8, 4) is 0 Å². The fourth-order valence-corrected chi connectivity index (χ4v) is 1.26. The molecule has 0 amide bonds. The van der Waals surface area contributed by atoms with Gasteiger partial charge < -0.3 is 0 Å². The third kappa shape index (κ3) is 15.4. The van der Waals surface area contributed by atoms with Gasteiger partial charge in [-0.15, -0.1) is 0 Å². The summed E-state index contributed by atoms with van der Waals surface area (Å²) >= 11 is 0. The van der Waals surface area contributed by atoms with Crippen LogP contribution in [0.2, 0.25) is 0 Å². The van der Waals surface area contributed by atoms with Gasteiger partial charge in [-0.3, -0.25) is 4.55 Å². The van der Waals surface area contributed by atoms with Gasteiger partial charge in [0.2, 0.25) is 0 Å². The van der Waals surface area contributed by atoms with E-state index in [1.807, 2.05) is 0 Å². The van der Waals surface area contributed by atoms with Gasteiger partial charge in [-0.2, -0.15) is 8.42 Å². The molecule has 0 heterocycles. The minimum atomic E-state index is -3.90. The Balaban J connectivity index is 0.